The van der Waals surface area contributed by atoms with Gasteiger partial charge in [0.25, 0.3) is 0 Å². The highest BCUT2D eigenvalue weighted by Gasteiger charge is 2.09. The van der Waals surface area contributed by atoms with Gasteiger partial charge < -0.3 is 10.1 Å². The van der Waals surface area contributed by atoms with Gasteiger partial charge >= 0.3 is 0 Å². The first-order valence-corrected chi connectivity index (χ1v) is 6.92. The molecule has 0 aliphatic carbocycles. The topological polar surface area (TPSA) is 34.1 Å². The van der Waals surface area contributed by atoms with Gasteiger partial charge in [-0.2, -0.15) is 0 Å². The maximum Gasteiger partial charge on any atom is 0.123 e. The van der Waals surface area contributed by atoms with Gasteiger partial charge in [0.15, 0.2) is 0 Å². The van der Waals surface area contributed by atoms with Gasteiger partial charge in [-0.3, -0.25) is 0 Å². The summed E-state index contributed by atoms with van der Waals surface area (Å²) in [6, 6.07) is 8.43. The van der Waals surface area contributed by atoms with Crippen molar-refractivity contribution in [3.63, 3.8) is 0 Å². The SMILES string of the molecule is CCOc1ccc(-c2ncc(C(C)NC)s2)cc1. The molecular weight excluding hydrogens is 244 g/mol. The van der Waals surface area contributed by atoms with Crippen LogP contribution in [0, 0.1) is 0 Å². The van der Waals surface area contributed by atoms with E-state index < -0.39 is 0 Å². The summed E-state index contributed by atoms with van der Waals surface area (Å²) in [7, 11) is 1.96. The number of aromatic nitrogens is 1. The van der Waals surface area contributed by atoms with E-state index in [1.54, 1.807) is 11.3 Å². The Bertz CT molecular complexity index is 493. The van der Waals surface area contributed by atoms with Crippen LogP contribution in [0.1, 0.15) is 24.8 Å². The van der Waals surface area contributed by atoms with Crippen LogP contribution in [-0.4, -0.2) is 18.6 Å². The standard InChI is InChI=1S/C14H18N2OS/c1-4-17-12-7-5-11(6-8-12)14-16-9-13(18-14)10(2)15-3/h5-10,15H,4H2,1-3H3. The molecule has 0 saturated carbocycles. The highest BCUT2D eigenvalue weighted by atomic mass is 32.1. The van der Waals surface area contributed by atoms with Crippen LogP contribution in [0.25, 0.3) is 10.6 Å². The monoisotopic (exact) mass is 262 g/mol. The smallest absolute Gasteiger partial charge is 0.123 e. The van der Waals surface area contributed by atoms with E-state index in [-0.39, 0.29) is 0 Å². The molecule has 0 fully saturated rings. The van der Waals surface area contributed by atoms with Crippen molar-refractivity contribution >= 4 is 11.3 Å². The lowest BCUT2D eigenvalue weighted by molar-refractivity contribution is 0.340. The van der Waals surface area contributed by atoms with Crippen molar-refractivity contribution in [2.24, 2.45) is 0 Å². The van der Waals surface area contributed by atoms with Crippen molar-refractivity contribution in [2.75, 3.05) is 13.7 Å². The predicted molar refractivity (Wildman–Crippen MR) is 76.2 cm³/mol. The maximum atomic E-state index is 5.43. The van der Waals surface area contributed by atoms with Gasteiger partial charge in [0.05, 0.1) is 6.61 Å². The van der Waals surface area contributed by atoms with Crippen LogP contribution in [0.4, 0.5) is 0 Å². The summed E-state index contributed by atoms with van der Waals surface area (Å²) < 4.78 is 5.43. The molecule has 1 heterocycles. The molecule has 3 nitrogen and oxygen atoms in total. The number of benzene rings is 1. The number of hydrogen-bond acceptors (Lipinski definition) is 4. The molecule has 0 aliphatic rings. The van der Waals surface area contributed by atoms with Gasteiger partial charge in [-0.05, 0) is 45.2 Å². The molecule has 96 valence electrons. The largest absolute Gasteiger partial charge is 0.494 e. The van der Waals surface area contributed by atoms with E-state index >= 15 is 0 Å². The van der Waals surface area contributed by atoms with Gasteiger partial charge in [-0.1, -0.05) is 0 Å². The number of rotatable bonds is 5. The molecule has 0 amide bonds. The lowest BCUT2D eigenvalue weighted by Crippen LogP contribution is -2.10. The Morgan fingerprint density at radius 3 is 2.67 bits per heavy atom. The molecule has 1 aromatic heterocycles. The van der Waals surface area contributed by atoms with Crippen LogP contribution in [-0.2, 0) is 0 Å². The van der Waals surface area contributed by atoms with Crippen molar-refractivity contribution in [3.8, 4) is 16.3 Å². The van der Waals surface area contributed by atoms with Crippen molar-refractivity contribution in [1.29, 1.82) is 0 Å². The van der Waals surface area contributed by atoms with E-state index in [9.17, 15) is 0 Å². The predicted octanol–water partition coefficient (Wildman–Crippen LogP) is 3.49. The van der Waals surface area contributed by atoms with Crippen LogP contribution in [0.15, 0.2) is 30.5 Å². The molecule has 0 aliphatic heterocycles. The van der Waals surface area contributed by atoms with Crippen LogP contribution >= 0.6 is 11.3 Å². The minimum absolute atomic E-state index is 0.346. The van der Waals surface area contributed by atoms with Gasteiger partial charge in [0.1, 0.15) is 10.8 Å². The minimum Gasteiger partial charge on any atom is -0.494 e. The second-order valence-electron chi connectivity index (χ2n) is 4.04. The van der Waals surface area contributed by atoms with E-state index in [0.717, 1.165) is 16.3 Å². The quantitative estimate of drug-likeness (QED) is 0.895. The van der Waals surface area contributed by atoms with Crippen molar-refractivity contribution in [1.82, 2.24) is 10.3 Å². The molecule has 0 spiro atoms. The third-order valence-corrected chi connectivity index (χ3v) is 4.02. The fourth-order valence-electron chi connectivity index (χ4n) is 1.62. The second-order valence-corrected chi connectivity index (χ2v) is 5.10. The van der Waals surface area contributed by atoms with Crippen LogP contribution < -0.4 is 10.1 Å². The molecule has 0 radical (unpaired) electrons. The molecule has 0 bridgehead atoms. The zero-order valence-electron chi connectivity index (χ0n) is 10.9. The Balaban J connectivity index is 2.18. The summed E-state index contributed by atoms with van der Waals surface area (Å²) in [4.78, 5) is 5.72. The fourth-order valence-corrected chi connectivity index (χ4v) is 2.61. The Hall–Kier alpha value is -1.39. The Kier molecular flexibility index (Phi) is 4.33. The molecule has 2 rings (SSSR count). The van der Waals surface area contributed by atoms with E-state index in [0.29, 0.717) is 12.6 Å². The van der Waals surface area contributed by atoms with Crippen LogP contribution in [0.5, 0.6) is 5.75 Å². The summed E-state index contributed by atoms with van der Waals surface area (Å²) in [5.41, 5.74) is 1.14. The Morgan fingerprint density at radius 2 is 2.06 bits per heavy atom. The number of nitrogens with zero attached hydrogens (tertiary/aromatic N) is 1. The molecule has 1 unspecified atom stereocenters. The summed E-state index contributed by atoms with van der Waals surface area (Å²) >= 11 is 1.72. The summed E-state index contributed by atoms with van der Waals surface area (Å²) in [6.07, 6.45) is 1.94. The van der Waals surface area contributed by atoms with E-state index in [4.69, 9.17) is 4.74 Å². The van der Waals surface area contributed by atoms with Gasteiger partial charge in [0.2, 0.25) is 0 Å². The van der Waals surface area contributed by atoms with Crippen LogP contribution in [0.2, 0.25) is 0 Å². The minimum atomic E-state index is 0.346. The summed E-state index contributed by atoms with van der Waals surface area (Å²) in [5.74, 6) is 0.904. The Morgan fingerprint density at radius 1 is 1.33 bits per heavy atom. The van der Waals surface area contributed by atoms with Crippen molar-refractivity contribution < 1.29 is 4.74 Å². The van der Waals surface area contributed by atoms with E-state index in [1.807, 2.05) is 32.3 Å². The lowest BCUT2D eigenvalue weighted by Gasteiger charge is -2.05. The van der Waals surface area contributed by atoms with Gasteiger partial charge in [-0.25, -0.2) is 4.98 Å². The normalized spacial score (nSPS) is 12.4. The average molecular weight is 262 g/mol. The Labute approximate surface area is 112 Å². The number of thiazole rings is 1. The van der Waals surface area contributed by atoms with E-state index in [2.05, 4.69) is 29.4 Å². The van der Waals surface area contributed by atoms with Crippen molar-refractivity contribution in [2.45, 2.75) is 19.9 Å². The average Bonchev–Trinajstić information content (AvgIpc) is 2.89. The first-order valence-electron chi connectivity index (χ1n) is 6.10. The third kappa shape index (κ3) is 2.89. The molecule has 1 aromatic carbocycles. The molecule has 18 heavy (non-hydrogen) atoms. The summed E-state index contributed by atoms with van der Waals surface area (Å²) in [6.45, 7) is 4.82. The highest BCUT2D eigenvalue weighted by Crippen LogP contribution is 2.29. The first-order chi connectivity index (χ1) is 8.74. The zero-order chi connectivity index (χ0) is 13.0. The number of ether oxygens (including phenoxy) is 1. The molecule has 4 heteroatoms. The number of nitrogens with one attached hydrogen (secondary N) is 1. The molecular formula is C14H18N2OS. The lowest BCUT2D eigenvalue weighted by atomic mass is 10.2. The highest BCUT2D eigenvalue weighted by molar-refractivity contribution is 7.15. The summed E-state index contributed by atoms with van der Waals surface area (Å²) in [5, 5.41) is 4.27. The van der Waals surface area contributed by atoms with Crippen molar-refractivity contribution in [3.05, 3.63) is 35.3 Å². The van der Waals surface area contributed by atoms with Gasteiger partial charge in [-0.15, -0.1) is 11.3 Å². The zero-order valence-corrected chi connectivity index (χ0v) is 11.8. The fraction of sp³-hybridized carbons (Fsp3) is 0.357. The molecule has 1 N–H and O–H groups in total. The molecule has 1 atom stereocenters. The first kappa shape index (κ1) is 13.1. The number of hydrogen-bond donors (Lipinski definition) is 1. The van der Waals surface area contributed by atoms with Crippen LogP contribution in [0.3, 0.4) is 0 Å². The second kappa shape index (κ2) is 5.98. The molecule has 2 aromatic rings. The van der Waals surface area contributed by atoms with E-state index in [1.165, 1.54) is 4.88 Å². The molecule has 0 saturated heterocycles. The maximum absolute atomic E-state index is 5.43. The third-order valence-electron chi connectivity index (χ3n) is 2.80. The van der Waals surface area contributed by atoms with Gasteiger partial charge in [0, 0.05) is 22.7 Å².